The van der Waals surface area contributed by atoms with Gasteiger partial charge in [0.1, 0.15) is 0 Å². The Morgan fingerprint density at radius 1 is 1.04 bits per heavy atom. The first-order valence-corrected chi connectivity index (χ1v) is 6.56. The minimum absolute atomic E-state index is 0.145. The molecule has 8 heteroatoms. The van der Waals surface area contributed by atoms with Crippen molar-refractivity contribution in [2.24, 2.45) is 11.7 Å². The summed E-state index contributed by atoms with van der Waals surface area (Å²) in [5.41, 5.74) is 6.82. The van der Waals surface area contributed by atoms with E-state index in [0.29, 0.717) is 6.07 Å². The molecule has 0 aliphatic heterocycles. The predicted molar refractivity (Wildman–Crippen MR) is 74.2 cm³/mol. The molecule has 0 saturated heterocycles. The number of benzene rings is 1. The highest BCUT2D eigenvalue weighted by molar-refractivity contribution is 5.52. The van der Waals surface area contributed by atoms with Crippen LogP contribution in [-0.4, -0.2) is 6.18 Å². The lowest BCUT2D eigenvalue weighted by molar-refractivity contribution is -0.175. The molecule has 2 nitrogen and oxygen atoms in total. The zero-order chi connectivity index (χ0) is 17.6. The smallest absolute Gasteiger partial charge is 0.399 e. The van der Waals surface area contributed by atoms with Crippen molar-refractivity contribution in [1.29, 1.82) is 0 Å². The van der Waals surface area contributed by atoms with Crippen LogP contribution >= 0.6 is 0 Å². The topological polar surface area (TPSA) is 52.0 Å². The van der Waals surface area contributed by atoms with Crippen molar-refractivity contribution >= 4 is 5.69 Å². The molecule has 23 heavy (non-hydrogen) atoms. The molecule has 126 valence electrons. The van der Waals surface area contributed by atoms with Gasteiger partial charge >= 0.3 is 12.4 Å². The van der Waals surface area contributed by atoms with Gasteiger partial charge in [0.2, 0.25) is 0 Å². The van der Waals surface area contributed by atoms with Gasteiger partial charge in [-0.15, -0.1) is 0 Å². The molecule has 0 radical (unpaired) electrons. The van der Waals surface area contributed by atoms with Crippen LogP contribution in [0, 0.1) is 5.92 Å². The average molecular weight is 336 g/mol. The minimum atomic E-state index is -4.83. The minimum Gasteiger partial charge on any atom is -0.399 e. The van der Waals surface area contributed by atoms with Crippen LogP contribution in [0.25, 0.3) is 0 Å². The van der Waals surface area contributed by atoms with Crippen molar-refractivity contribution in [3.8, 4) is 0 Å². The van der Waals surface area contributed by atoms with Crippen molar-refractivity contribution in [3.05, 3.63) is 53.3 Å². The number of nitrogens with two attached hydrogens (primary N) is 2. The summed E-state index contributed by atoms with van der Waals surface area (Å²) in [6.07, 6.45) is -6.62. The maximum absolute atomic E-state index is 13.4. The van der Waals surface area contributed by atoms with Crippen molar-refractivity contribution in [3.63, 3.8) is 0 Å². The Morgan fingerprint density at radius 3 is 2.17 bits per heavy atom. The molecule has 0 heterocycles. The van der Waals surface area contributed by atoms with Gasteiger partial charge in [0.15, 0.2) is 0 Å². The number of rotatable bonds is 1. The quantitative estimate of drug-likeness (QED) is 0.598. The van der Waals surface area contributed by atoms with E-state index < -0.39 is 34.8 Å². The van der Waals surface area contributed by atoms with Crippen molar-refractivity contribution in [1.82, 2.24) is 0 Å². The van der Waals surface area contributed by atoms with E-state index in [4.69, 9.17) is 11.5 Å². The maximum Gasteiger partial charge on any atom is 0.416 e. The molecule has 0 bridgehead atoms. The highest BCUT2D eigenvalue weighted by Gasteiger charge is 2.53. The van der Waals surface area contributed by atoms with Gasteiger partial charge in [-0.05, 0) is 29.8 Å². The van der Waals surface area contributed by atoms with Crippen LogP contribution in [0.5, 0.6) is 0 Å². The Labute approximate surface area is 128 Å². The zero-order valence-corrected chi connectivity index (χ0v) is 12.0. The molecule has 0 spiro atoms. The Kier molecular flexibility index (Phi) is 3.90. The largest absolute Gasteiger partial charge is 0.416 e. The van der Waals surface area contributed by atoms with Gasteiger partial charge in [-0.1, -0.05) is 19.1 Å². The van der Waals surface area contributed by atoms with E-state index in [1.807, 2.05) is 0 Å². The molecule has 1 aromatic rings. The second-order valence-corrected chi connectivity index (χ2v) is 5.60. The van der Waals surface area contributed by atoms with Gasteiger partial charge in [-0.3, -0.25) is 0 Å². The number of anilines is 1. The van der Waals surface area contributed by atoms with Crippen LogP contribution < -0.4 is 11.5 Å². The van der Waals surface area contributed by atoms with Crippen LogP contribution in [0.4, 0.5) is 32.0 Å². The molecule has 1 aromatic carbocycles. The van der Waals surface area contributed by atoms with Crippen LogP contribution in [0.3, 0.4) is 0 Å². The molecule has 0 fully saturated rings. The predicted octanol–water partition coefficient (Wildman–Crippen LogP) is 4.14. The number of nitrogen functional groups attached to an aromatic ring is 1. The van der Waals surface area contributed by atoms with E-state index in [1.54, 1.807) is 0 Å². The molecule has 1 aliphatic rings. The second-order valence-electron chi connectivity index (χ2n) is 5.60. The van der Waals surface area contributed by atoms with Crippen LogP contribution in [-0.2, 0) is 11.6 Å². The van der Waals surface area contributed by atoms with Crippen LogP contribution in [0.15, 0.2) is 42.1 Å². The van der Waals surface area contributed by atoms with E-state index in [1.165, 1.54) is 6.08 Å². The highest BCUT2D eigenvalue weighted by atomic mass is 19.4. The molecule has 0 saturated carbocycles. The fraction of sp³-hybridized carbons (Fsp3) is 0.333. The normalized spacial score (nSPS) is 25.3. The third-order valence-electron chi connectivity index (χ3n) is 3.91. The van der Waals surface area contributed by atoms with Gasteiger partial charge in [0.25, 0.3) is 0 Å². The number of halogens is 6. The third-order valence-corrected chi connectivity index (χ3v) is 3.91. The van der Waals surface area contributed by atoms with Gasteiger partial charge in [-0.25, -0.2) is 0 Å². The second kappa shape index (κ2) is 5.21. The lowest BCUT2D eigenvalue weighted by Gasteiger charge is -2.39. The Morgan fingerprint density at radius 2 is 1.65 bits per heavy atom. The average Bonchev–Trinajstić information content (AvgIpc) is 2.39. The molecule has 2 unspecified atom stereocenters. The number of hydrogen-bond donors (Lipinski definition) is 2. The van der Waals surface area contributed by atoms with Gasteiger partial charge < -0.3 is 11.5 Å². The number of hydrogen-bond acceptors (Lipinski definition) is 2. The van der Waals surface area contributed by atoms with Crippen LogP contribution in [0.1, 0.15) is 18.1 Å². The van der Waals surface area contributed by atoms with E-state index >= 15 is 0 Å². The monoisotopic (exact) mass is 336 g/mol. The first kappa shape index (κ1) is 17.2. The summed E-state index contributed by atoms with van der Waals surface area (Å²) in [6.45, 7) is 1.10. The van der Waals surface area contributed by atoms with E-state index in [9.17, 15) is 26.3 Å². The van der Waals surface area contributed by atoms with Gasteiger partial charge in [0, 0.05) is 16.8 Å². The Bertz CT molecular complexity index is 672. The van der Waals surface area contributed by atoms with Gasteiger partial charge in [-0.2, -0.15) is 26.3 Å². The zero-order valence-electron chi connectivity index (χ0n) is 12.0. The fourth-order valence-corrected chi connectivity index (χ4v) is 2.75. The number of allylic oxidation sites excluding steroid dienone is 3. The molecule has 2 rings (SSSR count). The highest BCUT2D eigenvalue weighted by Crippen LogP contribution is 2.49. The molecule has 4 N–H and O–H groups in total. The summed E-state index contributed by atoms with van der Waals surface area (Å²) in [5, 5.41) is 0. The van der Waals surface area contributed by atoms with E-state index in [0.717, 1.165) is 31.2 Å². The Balaban J connectivity index is 2.71. The van der Waals surface area contributed by atoms with Crippen molar-refractivity contribution in [2.75, 3.05) is 5.73 Å². The third kappa shape index (κ3) is 3.16. The first-order valence-electron chi connectivity index (χ1n) is 6.56. The summed E-state index contributed by atoms with van der Waals surface area (Å²) in [6, 6.07) is 2.78. The first-order chi connectivity index (χ1) is 10.4. The Hall–Kier alpha value is -2.12. The van der Waals surface area contributed by atoms with Crippen LogP contribution in [0.2, 0.25) is 0 Å². The molecule has 0 amide bonds. The molecule has 1 aliphatic carbocycles. The summed E-state index contributed by atoms with van der Waals surface area (Å²) in [5.74, 6) is -2.18. The van der Waals surface area contributed by atoms with Gasteiger partial charge in [0.05, 0.1) is 11.5 Å². The van der Waals surface area contributed by atoms with E-state index in [-0.39, 0.29) is 11.4 Å². The SMILES string of the molecule is CC1(c2ccc(N)cc2C(F)(F)F)C=CC(N)=CC1C(F)(F)F. The van der Waals surface area contributed by atoms with E-state index in [2.05, 4.69) is 0 Å². The summed E-state index contributed by atoms with van der Waals surface area (Å²) >= 11 is 0. The lowest BCUT2D eigenvalue weighted by Crippen LogP contribution is -2.42. The molecule has 2 atom stereocenters. The maximum atomic E-state index is 13.4. The summed E-state index contributed by atoms with van der Waals surface area (Å²) in [7, 11) is 0. The number of alkyl halides is 6. The summed E-state index contributed by atoms with van der Waals surface area (Å²) < 4.78 is 79.8. The molecular formula is C15H14F6N2. The summed E-state index contributed by atoms with van der Waals surface area (Å²) in [4.78, 5) is 0. The van der Waals surface area contributed by atoms with Crippen molar-refractivity contribution in [2.45, 2.75) is 24.7 Å². The molecule has 0 aromatic heterocycles. The standard InChI is InChI=1S/C15H14F6N2/c1-13(5-4-9(23)7-12(13)15(19,20)21)10-3-2-8(22)6-11(10)14(16,17)18/h2-7,12H,22-23H2,1H3. The lowest BCUT2D eigenvalue weighted by atomic mass is 9.67. The fourth-order valence-electron chi connectivity index (χ4n) is 2.75. The van der Waals surface area contributed by atoms with Crippen molar-refractivity contribution < 1.29 is 26.3 Å². The molecular weight excluding hydrogens is 322 g/mol.